The largest absolute Gasteiger partial charge is 0.309 e. The number of nitrogens with one attached hydrogen (secondary N) is 1. The fourth-order valence-corrected chi connectivity index (χ4v) is 2.68. The highest BCUT2D eigenvalue weighted by Gasteiger charge is 2.08. The van der Waals surface area contributed by atoms with Crippen molar-refractivity contribution in [2.45, 2.75) is 36.1 Å². The van der Waals surface area contributed by atoms with Crippen LogP contribution in [0.4, 0.5) is 0 Å². The zero-order chi connectivity index (χ0) is 13.5. The van der Waals surface area contributed by atoms with Crippen LogP contribution in [0.25, 0.3) is 0 Å². The molecule has 2 heterocycles. The number of pyridine rings is 2. The molecular formula is C15H19N3S. The van der Waals surface area contributed by atoms with Crippen molar-refractivity contribution in [1.29, 1.82) is 0 Å². The second kappa shape index (κ2) is 7.26. The molecule has 19 heavy (non-hydrogen) atoms. The van der Waals surface area contributed by atoms with E-state index < -0.39 is 0 Å². The molecule has 2 aromatic rings. The maximum atomic E-state index is 4.57. The van der Waals surface area contributed by atoms with Crippen molar-refractivity contribution < 1.29 is 0 Å². The molecular weight excluding hydrogens is 254 g/mol. The third-order valence-electron chi connectivity index (χ3n) is 2.86. The Hall–Kier alpha value is -1.39. The molecule has 0 spiro atoms. The van der Waals surface area contributed by atoms with Crippen LogP contribution in [-0.2, 0) is 0 Å². The first-order chi connectivity index (χ1) is 9.33. The van der Waals surface area contributed by atoms with Crippen LogP contribution in [0.2, 0.25) is 0 Å². The molecule has 4 heteroatoms. The quantitative estimate of drug-likeness (QED) is 0.871. The Morgan fingerprint density at radius 1 is 1.11 bits per heavy atom. The van der Waals surface area contributed by atoms with E-state index in [1.54, 1.807) is 11.8 Å². The molecule has 0 aliphatic rings. The van der Waals surface area contributed by atoms with Gasteiger partial charge in [-0.2, -0.15) is 0 Å². The third kappa shape index (κ3) is 4.04. The lowest BCUT2D eigenvalue weighted by Crippen LogP contribution is -2.20. The summed E-state index contributed by atoms with van der Waals surface area (Å²) in [5.74, 6) is 0. The standard InChI is InChI=1S/C15H19N3S/c1-3-14(17-4-2)15-6-5-13(11-18-15)19-12-7-9-16-10-8-12/h5-11,14,17H,3-4H2,1-2H3. The molecule has 0 radical (unpaired) electrons. The summed E-state index contributed by atoms with van der Waals surface area (Å²) in [6.45, 7) is 5.26. The Bertz CT molecular complexity index is 485. The summed E-state index contributed by atoms with van der Waals surface area (Å²) >= 11 is 1.71. The number of hydrogen-bond donors (Lipinski definition) is 1. The highest BCUT2D eigenvalue weighted by molar-refractivity contribution is 7.99. The molecule has 1 unspecified atom stereocenters. The van der Waals surface area contributed by atoms with Gasteiger partial charge in [0.15, 0.2) is 0 Å². The zero-order valence-electron chi connectivity index (χ0n) is 11.3. The first-order valence-corrected chi connectivity index (χ1v) is 7.42. The molecule has 0 aliphatic carbocycles. The van der Waals surface area contributed by atoms with E-state index >= 15 is 0 Å². The molecule has 1 atom stereocenters. The van der Waals surface area contributed by atoms with E-state index in [1.165, 1.54) is 4.90 Å². The average molecular weight is 273 g/mol. The predicted molar refractivity (Wildman–Crippen MR) is 79.3 cm³/mol. The van der Waals surface area contributed by atoms with E-state index in [0.717, 1.165) is 23.6 Å². The van der Waals surface area contributed by atoms with Gasteiger partial charge < -0.3 is 5.32 Å². The van der Waals surface area contributed by atoms with Crippen LogP contribution in [0, 0.1) is 0 Å². The van der Waals surface area contributed by atoms with Gasteiger partial charge in [-0.15, -0.1) is 0 Å². The Kier molecular flexibility index (Phi) is 5.36. The minimum absolute atomic E-state index is 0.352. The van der Waals surface area contributed by atoms with E-state index in [4.69, 9.17) is 0 Å². The molecule has 0 fully saturated rings. The van der Waals surface area contributed by atoms with Crippen molar-refractivity contribution in [2.75, 3.05) is 6.54 Å². The maximum Gasteiger partial charge on any atom is 0.0573 e. The topological polar surface area (TPSA) is 37.8 Å². The summed E-state index contributed by atoms with van der Waals surface area (Å²) in [6.07, 6.45) is 6.61. The molecule has 0 saturated heterocycles. The van der Waals surface area contributed by atoms with Crippen molar-refractivity contribution in [1.82, 2.24) is 15.3 Å². The normalized spacial score (nSPS) is 12.3. The molecule has 2 rings (SSSR count). The number of aromatic nitrogens is 2. The van der Waals surface area contributed by atoms with E-state index in [1.807, 2.05) is 30.7 Å². The summed E-state index contributed by atoms with van der Waals surface area (Å²) < 4.78 is 0. The summed E-state index contributed by atoms with van der Waals surface area (Å²) in [6, 6.07) is 8.61. The molecule has 0 aliphatic heterocycles. The van der Waals surface area contributed by atoms with Crippen molar-refractivity contribution in [3.63, 3.8) is 0 Å². The summed E-state index contributed by atoms with van der Waals surface area (Å²) in [5, 5.41) is 3.44. The fraction of sp³-hybridized carbons (Fsp3) is 0.333. The lowest BCUT2D eigenvalue weighted by atomic mass is 10.1. The van der Waals surface area contributed by atoms with Crippen LogP contribution >= 0.6 is 11.8 Å². The highest BCUT2D eigenvalue weighted by atomic mass is 32.2. The molecule has 0 saturated carbocycles. The molecule has 0 bridgehead atoms. The van der Waals surface area contributed by atoms with Gasteiger partial charge >= 0.3 is 0 Å². The van der Waals surface area contributed by atoms with Crippen molar-refractivity contribution in [3.05, 3.63) is 48.5 Å². The first-order valence-electron chi connectivity index (χ1n) is 6.60. The number of nitrogens with zero attached hydrogens (tertiary/aromatic N) is 2. The Morgan fingerprint density at radius 2 is 1.89 bits per heavy atom. The van der Waals surface area contributed by atoms with Gasteiger partial charge in [-0.1, -0.05) is 25.6 Å². The van der Waals surface area contributed by atoms with Gasteiger partial charge in [0.05, 0.1) is 5.69 Å². The summed E-state index contributed by atoms with van der Waals surface area (Å²) in [5.41, 5.74) is 1.11. The third-order valence-corrected chi connectivity index (χ3v) is 3.85. The van der Waals surface area contributed by atoms with E-state index in [9.17, 15) is 0 Å². The smallest absolute Gasteiger partial charge is 0.0573 e. The minimum Gasteiger partial charge on any atom is -0.309 e. The maximum absolute atomic E-state index is 4.57. The minimum atomic E-state index is 0.352. The van der Waals surface area contributed by atoms with Gasteiger partial charge in [0.2, 0.25) is 0 Å². The van der Waals surface area contributed by atoms with Gasteiger partial charge in [0, 0.05) is 34.4 Å². The van der Waals surface area contributed by atoms with Crippen LogP contribution in [0.15, 0.2) is 52.6 Å². The Labute approximate surface area is 118 Å². The van der Waals surface area contributed by atoms with Gasteiger partial charge in [-0.3, -0.25) is 9.97 Å². The van der Waals surface area contributed by atoms with Gasteiger partial charge in [0.1, 0.15) is 0 Å². The van der Waals surface area contributed by atoms with Crippen molar-refractivity contribution >= 4 is 11.8 Å². The Balaban J connectivity index is 2.06. The molecule has 3 nitrogen and oxygen atoms in total. The van der Waals surface area contributed by atoms with Crippen LogP contribution in [0.1, 0.15) is 32.0 Å². The lowest BCUT2D eigenvalue weighted by molar-refractivity contribution is 0.524. The Morgan fingerprint density at radius 3 is 2.47 bits per heavy atom. The van der Waals surface area contributed by atoms with Crippen LogP contribution in [-0.4, -0.2) is 16.5 Å². The van der Waals surface area contributed by atoms with Gasteiger partial charge in [0.25, 0.3) is 0 Å². The molecule has 1 N–H and O–H groups in total. The monoisotopic (exact) mass is 273 g/mol. The zero-order valence-corrected chi connectivity index (χ0v) is 12.2. The lowest BCUT2D eigenvalue weighted by Gasteiger charge is -2.15. The van der Waals surface area contributed by atoms with Crippen LogP contribution in [0.3, 0.4) is 0 Å². The number of rotatable bonds is 6. The second-order valence-electron chi connectivity index (χ2n) is 4.22. The molecule has 2 aromatic heterocycles. The van der Waals surface area contributed by atoms with Gasteiger partial charge in [-0.25, -0.2) is 0 Å². The van der Waals surface area contributed by atoms with Gasteiger partial charge in [-0.05, 0) is 37.2 Å². The highest BCUT2D eigenvalue weighted by Crippen LogP contribution is 2.27. The summed E-state index contributed by atoms with van der Waals surface area (Å²) in [4.78, 5) is 10.9. The molecule has 0 aromatic carbocycles. The first kappa shape index (κ1) is 14.0. The predicted octanol–water partition coefficient (Wildman–Crippen LogP) is 3.69. The van der Waals surface area contributed by atoms with E-state index in [2.05, 4.69) is 41.3 Å². The van der Waals surface area contributed by atoms with Crippen molar-refractivity contribution in [2.24, 2.45) is 0 Å². The summed E-state index contributed by atoms with van der Waals surface area (Å²) in [7, 11) is 0. The number of hydrogen-bond acceptors (Lipinski definition) is 4. The fourth-order valence-electron chi connectivity index (χ4n) is 1.91. The van der Waals surface area contributed by atoms with Crippen LogP contribution in [0.5, 0.6) is 0 Å². The van der Waals surface area contributed by atoms with E-state index in [-0.39, 0.29) is 0 Å². The van der Waals surface area contributed by atoms with Crippen molar-refractivity contribution in [3.8, 4) is 0 Å². The SMILES string of the molecule is CCNC(CC)c1ccc(Sc2ccncc2)cn1. The molecule has 0 amide bonds. The van der Waals surface area contributed by atoms with E-state index in [0.29, 0.717) is 6.04 Å². The second-order valence-corrected chi connectivity index (χ2v) is 5.37. The average Bonchev–Trinajstić information content (AvgIpc) is 2.47. The molecule has 100 valence electrons. The van der Waals surface area contributed by atoms with Crippen LogP contribution < -0.4 is 5.32 Å².